The smallest absolute Gasteiger partial charge is 0.293 e. The molecule has 11 nitrogen and oxygen atoms in total. The molecule has 0 atom stereocenters. The number of aromatic nitrogens is 4. The van der Waals surface area contributed by atoms with Crippen LogP contribution in [0.5, 0.6) is 17.5 Å². The number of nitrogens with zero attached hydrogens (tertiary/aromatic N) is 6. The second kappa shape index (κ2) is 12.5. The molecule has 0 bridgehead atoms. The van der Waals surface area contributed by atoms with Crippen molar-refractivity contribution in [3.63, 3.8) is 0 Å². The Hall–Kier alpha value is -4.32. The first-order chi connectivity index (χ1) is 19.8. The van der Waals surface area contributed by atoms with Crippen molar-refractivity contribution in [3.05, 3.63) is 64.6 Å². The number of aryl methyl sites for hydroxylation is 1. The van der Waals surface area contributed by atoms with E-state index in [0.717, 1.165) is 60.5 Å². The zero-order valence-electron chi connectivity index (χ0n) is 23.1. The fourth-order valence-corrected chi connectivity index (χ4v) is 5.29. The Morgan fingerprint density at radius 3 is 2.54 bits per heavy atom. The van der Waals surface area contributed by atoms with Gasteiger partial charge in [0.25, 0.3) is 11.1 Å². The Labute approximate surface area is 242 Å². The number of carbonyl (C=O) groups is 3. The molecule has 41 heavy (non-hydrogen) atoms. The number of ketones is 1. The first-order valence-electron chi connectivity index (χ1n) is 13.4. The number of rotatable bonds is 9. The number of hydrogen-bond donors (Lipinski definition) is 0. The number of ether oxygens (including phenoxy) is 2. The normalized spacial score (nSPS) is 16.9. The van der Waals surface area contributed by atoms with Crippen molar-refractivity contribution in [3.8, 4) is 17.5 Å². The molecule has 0 spiro atoms. The number of piperidine rings is 1. The van der Waals surface area contributed by atoms with Crippen molar-refractivity contribution in [1.29, 1.82) is 0 Å². The predicted octanol–water partition coefficient (Wildman–Crippen LogP) is 4.60. The number of benzene rings is 1. The summed E-state index contributed by atoms with van der Waals surface area (Å²) in [6.07, 6.45) is 9.28. The van der Waals surface area contributed by atoms with Crippen LogP contribution in [0.2, 0.25) is 0 Å². The van der Waals surface area contributed by atoms with E-state index in [1.54, 1.807) is 30.3 Å². The van der Waals surface area contributed by atoms with Crippen molar-refractivity contribution < 1.29 is 23.9 Å². The molecule has 212 valence electrons. The van der Waals surface area contributed by atoms with Gasteiger partial charge in [-0.1, -0.05) is 19.1 Å². The van der Waals surface area contributed by atoms with Crippen LogP contribution in [0.4, 0.5) is 10.7 Å². The minimum atomic E-state index is -0.484. The maximum atomic E-state index is 12.6. The Balaban J connectivity index is 1.22. The molecule has 2 amide bonds. The fraction of sp³-hybridized carbons (Fsp3) is 0.345. The summed E-state index contributed by atoms with van der Waals surface area (Å²) in [6.45, 7) is 6.60. The van der Waals surface area contributed by atoms with Gasteiger partial charge in [-0.2, -0.15) is 0 Å². The number of thioether (sulfide) groups is 1. The van der Waals surface area contributed by atoms with E-state index in [-0.39, 0.29) is 23.3 Å². The lowest BCUT2D eigenvalue weighted by Gasteiger charge is -2.32. The van der Waals surface area contributed by atoms with Crippen LogP contribution in [0.25, 0.3) is 6.08 Å². The van der Waals surface area contributed by atoms with Gasteiger partial charge in [0, 0.05) is 38.3 Å². The molecule has 12 heteroatoms. The number of amides is 2. The summed E-state index contributed by atoms with van der Waals surface area (Å²) in [5.41, 5.74) is 2.45. The summed E-state index contributed by atoms with van der Waals surface area (Å²) < 4.78 is 12.3. The SMILES string of the molecule is CCc1cnc(N2CCC(Oc3ncnc(Oc4cccc(/C=C5\SC(=O)N(CC(C)=O)C5=O)c4)c3C)CC2)nc1. The first-order valence-corrected chi connectivity index (χ1v) is 14.2. The van der Waals surface area contributed by atoms with E-state index in [1.807, 2.05) is 19.3 Å². The van der Waals surface area contributed by atoms with Crippen LogP contribution in [-0.2, 0) is 16.0 Å². The summed E-state index contributed by atoms with van der Waals surface area (Å²) in [5, 5.41) is -0.461. The topological polar surface area (TPSA) is 128 Å². The van der Waals surface area contributed by atoms with Crippen LogP contribution in [0.15, 0.2) is 47.9 Å². The maximum Gasteiger partial charge on any atom is 0.293 e. The third kappa shape index (κ3) is 6.71. The quantitative estimate of drug-likeness (QED) is 0.333. The number of imide groups is 1. The van der Waals surface area contributed by atoms with Gasteiger partial charge in [0.05, 0.1) is 17.0 Å². The molecule has 2 aliphatic rings. The molecule has 0 saturated carbocycles. The molecule has 0 N–H and O–H groups in total. The zero-order valence-corrected chi connectivity index (χ0v) is 23.9. The average Bonchev–Trinajstić information content (AvgIpc) is 3.22. The van der Waals surface area contributed by atoms with E-state index < -0.39 is 11.1 Å². The van der Waals surface area contributed by atoms with Crippen molar-refractivity contribution in [2.24, 2.45) is 0 Å². The van der Waals surface area contributed by atoms with Gasteiger partial charge in [0.1, 0.15) is 24.0 Å². The Morgan fingerprint density at radius 2 is 1.83 bits per heavy atom. The molecule has 5 rings (SSSR count). The zero-order chi connectivity index (χ0) is 28.9. The van der Waals surface area contributed by atoms with Crippen LogP contribution in [0.1, 0.15) is 43.4 Å². The summed E-state index contributed by atoms with van der Waals surface area (Å²) in [5.74, 6) is 1.32. The molecular weight excluding hydrogens is 544 g/mol. The van der Waals surface area contributed by atoms with Gasteiger partial charge < -0.3 is 14.4 Å². The summed E-state index contributed by atoms with van der Waals surface area (Å²) >= 11 is 0.808. The molecule has 2 aliphatic heterocycles. The van der Waals surface area contributed by atoms with Crippen molar-refractivity contribution in [2.45, 2.75) is 46.1 Å². The summed E-state index contributed by atoms with van der Waals surface area (Å²) in [7, 11) is 0. The van der Waals surface area contributed by atoms with E-state index in [0.29, 0.717) is 28.6 Å². The minimum absolute atomic E-state index is 0.00991. The van der Waals surface area contributed by atoms with E-state index >= 15 is 0 Å². The molecule has 2 fully saturated rings. The van der Waals surface area contributed by atoms with Gasteiger partial charge in [0.15, 0.2) is 0 Å². The monoisotopic (exact) mass is 574 g/mol. The lowest BCUT2D eigenvalue weighted by atomic mass is 10.1. The van der Waals surface area contributed by atoms with Gasteiger partial charge >= 0.3 is 0 Å². The van der Waals surface area contributed by atoms with Crippen LogP contribution >= 0.6 is 11.8 Å². The van der Waals surface area contributed by atoms with Gasteiger partial charge in [-0.3, -0.25) is 19.3 Å². The van der Waals surface area contributed by atoms with Crippen LogP contribution in [0, 0.1) is 6.92 Å². The lowest BCUT2D eigenvalue weighted by molar-refractivity contribution is -0.127. The van der Waals surface area contributed by atoms with Gasteiger partial charge in [0.2, 0.25) is 17.7 Å². The van der Waals surface area contributed by atoms with E-state index in [1.165, 1.54) is 13.3 Å². The lowest BCUT2D eigenvalue weighted by Crippen LogP contribution is -2.39. The highest BCUT2D eigenvalue weighted by Crippen LogP contribution is 2.34. The molecule has 0 aliphatic carbocycles. The van der Waals surface area contributed by atoms with E-state index in [9.17, 15) is 14.4 Å². The molecule has 2 saturated heterocycles. The molecular formula is C29H30N6O5S. The van der Waals surface area contributed by atoms with Crippen molar-refractivity contribution in [1.82, 2.24) is 24.8 Å². The van der Waals surface area contributed by atoms with Crippen molar-refractivity contribution >= 4 is 40.7 Å². The fourth-order valence-electron chi connectivity index (χ4n) is 4.46. The highest BCUT2D eigenvalue weighted by molar-refractivity contribution is 8.18. The number of Topliss-reactive ketones (excluding diaryl/α,β-unsaturated/α-hetero) is 1. The Kier molecular flexibility index (Phi) is 8.58. The van der Waals surface area contributed by atoms with Gasteiger partial charge in [-0.15, -0.1) is 0 Å². The maximum absolute atomic E-state index is 12.6. The Morgan fingerprint density at radius 1 is 1.10 bits per heavy atom. The molecule has 4 heterocycles. The minimum Gasteiger partial charge on any atom is -0.474 e. The standard InChI is InChI=1S/C29H30N6O5S/c1-4-20-14-30-28(31-15-20)34-10-8-22(9-11-34)39-25-19(3)26(33-17-32-25)40-23-7-5-6-21(12-23)13-24-27(37)35(16-18(2)36)29(38)41-24/h5-7,12-15,17,22H,4,8-11,16H2,1-3H3/b24-13-. The first kappa shape index (κ1) is 28.2. The van der Waals surface area contributed by atoms with Crippen LogP contribution in [0.3, 0.4) is 0 Å². The third-order valence-corrected chi connectivity index (χ3v) is 7.63. The molecule has 0 radical (unpaired) electrons. The Bertz CT molecular complexity index is 1490. The second-order valence-corrected chi connectivity index (χ2v) is 10.8. The van der Waals surface area contributed by atoms with E-state index in [2.05, 4.69) is 31.8 Å². The number of hydrogen-bond acceptors (Lipinski definition) is 11. The van der Waals surface area contributed by atoms with E-state index in [4.69, 9.17) is 9.47 Å². The third-order valence-electron chi connectivity index (χ3n) is 6.72. The van der Waals surface area contributed by atoms with Crippen molar-refractivity contribution in [2.75, 3.05) is 24.5 Å². The molecule has 2 aromatic heterocycles. The van der Waals surface area contributed by atoms with Gasteiger partial charge in [-0.05, 0) is 61.4 Å². The summed E-state index contributed by atoms with van der Waals surface area (Å²) in [6, 6.07) is 7.09. The van der Waals surface area contributed by atoms with Crippen LogP contribution in [-0.4, -0.2) is 67.5 Å². The molecule has 0 unspecified atom stereocenters. The highest BCUT2D eigenvalue weighted by atomic mass is 32.2. The second-order valence-electron chi connectivity index (χ2n) is 9.80. The largest absolute Gasteiger partial charge is 0.474 e. The molecule has 3 aromatic rings. The number of carbonyl (C=O) groups excluding carboxylic acids is 3. The van der Waals surface area contributed by atoms with Gasteiger partial charge in [-0.25, -0.2) is 19.9 Å². The van der Waals surface area contributed by atoms with Crippen LogP contribution < -0.4 is 14.4 Å². The highest BCUT2D eigenvalue weighted by Gasteiger charge is 2.35. The summed E-state index contributed by atoms with van der Waals surface area (Å²) in [4.78, 5) is 57.1. The average molecular weight is 575 g/mol. The number of anilines is 1. The molecule has 1 aromatic carbocycles. The predicted molar refractivity (Wildman–Crippen MR) is 154 cm³/mol.